The molecular formula is C20H21ClN2O3S. The monoisotopic (exact) mass is 404 g/mol. The molecule has 3 rings (SSSR count). The van der Waals surface area contributed by atoms with Crippen molar-refractivity contribution >= 4 is 40.7 Å². The molecule has 1 amide bonds. The van der Waals surface area contributed by atoms with Crippen LogP contribution in [0, 0.1) is 0 Å². The molecule has 0 N–H and O–H groups in total. The van der Waals surface area contributed by atoms with Crippen LogP contribution in [0.25, 0.3) is 0 Å². The van der Waals surface area contributed by atoms with Crippen LogP contribution < -0.4 is 9.64 Å². The highest BCUT2D eigenvalue weighted by molar-refractivity contribution is 8.00. The van der Waals surface area contributed by atoms with Crippen LogP contribution in [0.5, 0.6) is 5.75 Å². The molecule has 1 heterocycles. The predicted octanol–water partition coefficient (Wildman–Crippen LogP) is 3.66. The summed E-state index contributed by atoms with van der Waals surface area (Å²) in [5.74, 6) is -0.227. The van der Waals surface area contributed by atoms with Gasteiger partial charge in [0.15, 0.2) is 0 Å². The molecule has 0 saturated carbocycles. The SMILES string of the molecule is COc1ccc(C2Sc3cc(Cl)ccc3N(CCN(C)C)C(=O)C2=O)cc1. The summed E-state index contributed by atoms with van der Waals surface area (Å²) in [5, 5.41) is -0.0472. The van der Waals surface area contributed by atoms with Crippen molar-refractivity contribution in [1.82, 2.24) is 4.90 Å². The zero-order chi connectivity index (χ0) is 19.6. The zero-order valence-electron chi connectivity index (χ0n) is 15.4. The fraction of sp³-hybridized carbons (Fsp3) is 0.300. The molecule has 2 aromatic carbocycles. The number of methoxy groups -OCH3 is 1. The van der Waals surface area contributed by atoms with E-state index in [-0.39, 0.29) is 0 Å². The lowest BCUT2D eigenvalue weighted by Gasteiger charge is -2.23. The minimum atomic E-state index is -0.620. The van der Waals surface area contributed by atoms with E-state index in [0.29, 0.717) is 23.9 Å². The Morgan fingerprint density at radius 1 is 1.15 bits per heavy atom. The standard InChI is InChI=1S/C20H21ClN2O3S/c1-22(2)10-11-23-16-9-6-14(21)12-17(16)27-19(18(24)20(23)25)13-4-7-15(26-3)8-5-13/h4-9,12,19H,10-11H2,1-3H3. The molecule has 1 aliphatic heterocycles. The van der Waals surface area contributed by atoms with Crippen LogP contribution in [-0.2, 0) is 9.59 Å². The number of amides is 1. The molecule has 1 atom stereocenters. The third-order valence-corrected chi connectivity index (χ3v) is 5.88. The molecule has 5 nitrogen and oxygen atoms in total. The number of hydrogen-bond donors (Lipinski definition) is 0. The Kier molecular flexibility index (Phi) is 6.09. The number of ketones is 1. The highest BCUT2D eigenvalue weighted by Gasteiger charge is 2.37. The normalized spacial score (nSPS) is 17.1. The number of thioether (sulfide) groups is 1. The van der Waals surface area contributed by atoms with Gasteiger partial charge in [-0.2, -0.15) is 0 Å². The van der Waals surface area contributed by atoms with E-state index in [2.05, 4.69) is 0 Å². The van der Waals surface area contributed by atoms with Gasteiger partial charge in [-0.15, -0.1) is 11.8 Å². The summed E-state index contributed by atoms with van der Waals surface area (Å²) < 4.78 is 5.18. The molecule has 142 valence electrons. The van der Waals surface area contributed by atoms with Gasteiger partial charge in [-0.25, -0.2) is 0 Å². The van der Waals surface area contributed by atoms with Gasteiger partial charge in [0.1, 0.15) is 11.0 Å². The summed E-state index contributed by atoms with van der Waals surface area (Å²) >= 11 is 7.54. The van der Waals surface area contributed by atoms with Crippen molar-refractivity contribution < 1.29 is 14.3 Å². The van der Waals surface area contributed by atoms with E-state index in [1.54, 1.807) is 30.2 Å². The smallest absolute Gasteiger partial charge is 0.296 e. The number of rotatable bonds is 5. The summed E-state index contributed by atoms with van der Waals surface area (Å²) in [6.07, 6.45) is 0. The van der Waals surface area contributed by atoms with Gasteiger partial charge < -0.3 is 14.5 Å². The van der Waals surface area contributed by atoms with Crippen LogP contribution in [0.3, 0.4) is 0 Å². The number of nitrogens with zero attached hydrogens (tertiary/aromatic N) is 2. The molecule has 0 spiro atoms. The lowest BCUT2D eigenvalue weighted by molar-refractivity contribution is -0.136. The molecule has 0 radical (unpaired) electrons. The average molecular weight is 405 g/mol. The van der Waals surface area contributed by atoms with Crippen LogP contribution in [0.1, 0.15) is 10.8 Å². The maximum absolute atomic E-state index is 13.0. The molecule has 2 aromatic rings. The molecule has 0 saturated heterocycles. The molecule has 27 heavy (non-hydrogen) atoms. The van der Waals surface area contributed by atoms with E-state index in [9.17, 15) is 9.59 Å². The molecule has 0 aromatic heterocycles. The number of ether oxygens (including phenoxy) is 1. The van der Waals surface area contributed by atoms with Gasteiger partial charge in [0.05, 0.1) is 12.8 Å². The van der Waals surface area contributed by atoms with Crippen molar-refractivity contribution in [3.63, 3.8) is 0 Å². The molecule has 0 aliphatic carbocycles. The second kappa shape index (κ2) is 8.33. The van der Waals surface area contributed by atoms with Crippen LogP contribution in [-0.4, -0.2) is 50.9 Å². The minimum Gasteiger partial charge on any atom is -0.497 e. The summed E-state index contributed by atoms with van der Waals surface area (Å²) in [5.41, 5.74) is 1.49. The maximum atomic E-state index is 13.0. The van der Waals surface area contributed by atoms with E-state index in [1.165, 1.54) is 11.8 Å². The summed E-state index contributed by atoms with van der Waals surface area (Å²) in [6.45, 7) is 1.08. The number of benzene rings is 2. The van der Waals surface area contributed by atoms with E-state index in [4.69, 9.17) is 16.3 Å². The van der Waals surface area contributed by atoms with E-state index < -0.39 is 16.9 Å². The molecular weight excluding hydrogens is 384 g/mol. The van der Waals surface area contributed by atoms with Gasteiger partial charge in [0, 0.05) is 23.0 Å². The van der Waals surface area contributed by atoms with Crippen LogP contribution >= 0.6 is 23.4 Å². The number of anilines is 1. The highest BCUT2D eigenvalue weighted by atomic mass is 35.5. The van der Waals surface area contributed by atoms with Crippen molar-refractivity contribution in [2.45, 2.75) is 10.1 Å². The number of carbonyl (C=O) groups is 2. The quantitative estimate of drug-likeness (QED) is 0.712. The first-order valence-electron chi connectivity index (χ1n) is 8.51. The number of likely N-dealkylation sites (N-methyl/N-ethyl adjacent to an activating group) is 1. The topological polar surface area (TPSA) is 49.9 Å². The van der Waals surface area contributed by atoms with E-state index >= 15 is 0 Å². The van der Waals surface area contributed by atoms with E-state index in [1.807, 2.05) is 43.3 Å². The Morgan fingerprint density at radius 2 is 1.85 bits per heavy atom. The van der Waals surface area contributed by atoms with Gasteiger partial charge in [-0.05, 0) is 50.0 Å². The summed E-state index contributed by atoms with van der Waals surface area (Å²) in [4.78, 5) is 30.4. The second-order valence-corrected chi connectivity index (χ2v) is 8.09. The number of carbonyl (C=O) groups excluding carboxylic acids is 2. The Hall–Kier alpha value is -2.02. The Bertz CT molecular complexity index is 855. The lowest BCUT2D eigenvalue weighted by Crippen LogP contribution is -2.41. The van der Waals surface area contributed by atoms with Gasteiger partial charge in [-0.3, -0.25) is 9.59 Å². The van der Waals surface area contributed by atoms with Gasteiger partial charge in [0.25, 0.3) is 5.91 Å². The average Bonchev–Trinajstić information content (AvgIpc) is 2.75. The largest absolute Gasteiger partial charge is 0.497 e. The second-order valence-electron chi connectivity index (χ2n) is 6.51. The first kappa shape index (κ1) is 19.7. The Balaban J connectivity index is 2.02. The van der Waals surface area contributed by atoms with Crippen molar-refractivity contribution in [2.75, 3.05) is 39.2 Å². The maximum Gasteiger partial charge on any atom is 0.296 e. The van der Waals surface area contributed by atoms with Gasteiger partial charge in [-0.1, -0.05) is 23.7 Å². The molecule has 0 fully saturated rings. The number of hydrogen-bond acceptors (Lipinski definition) is 5. The fourth-order valence-electron chi connectivity index (χ4n) is 2.86. The lowest BCUT2D eigenvalue weighted by atomic mass is 10.1. The van der Waals surface area contributed by atoms with Gasteiger partial charge >= 0.3 is 0 Å². The molecule has 1 aliphatic rings. The summed E-state index contributed by atoms with van der Waals surface area (Å²) in [6, 6.07) is 12.6. The van der Waals surface area contributed by atoms with Crippen molar-refractivity contribution in [2.24, 2.45) is 0 Å². The van der Waals surface area contributed by atoms with Gasteiger partial charge in [0.2, 0.25) is 5.78 Å². The summed E-state index contributed by atoms with van der Waals surface area (Å²) in [7, 11) is 5.45. The number of Topliss-reactive ketones (excluding diaryl/α,β-unsaturated/α-hetero) is 1. The first-order chi connectivity index (χ1) is 12.9. The Morgan fingerprint density at radius 3 is 2.48 bits per heavy atom. The van der Waals surface area contributed by atoms with Crippen molar-refractivity contribution in [1.29, 1.82) is 0 Å². The van der Waals surface area contributed by atoms with Crippen LogP contribution in [0.2, 0.25) is 5.02 Å². The minimum absolute atomic E-state index is 0.433. The Labute approximate surface area is 168 Å². The first-order valence-corrected chi connectivity index (χ1v) is 9.77. The van der Waals surface area contributed by atoms with Crippen LogP contribution in [0.15, 0.2) is 47.4 Å². The van der Waals surface area contributed by atoms with E-state index in [0.717, 1.165) is 16.1 Å². The molecule has 1 unspecified atom stereocenters. The predicted molar refractivity (Wildman–Crippen MR) is 109 cm³/mol. The highest BCUT2D eigenvalue weighted by Crippen LogP contribution is 2.45. The molecule has 7 heteroatoms. The molecule has 0 bridgehead atoms. The zero-order valence-corrected chi connectivity index (χ0v) is 17.0. The third-order valence-electron chi connectivity index (χ3n) is 4.34. The number of fused-ring (bicyclic) bond motifs is 1. The number of halogens is 1. The van der Waals surface area contributed by atoms with Crippen LogP contribution in [0.4, 0.5) is 5.69 Å². The third kappa shape index (κ3) is 4.29. The fourth-order valence-corrected chi connectivity index (χ4v) is 4.35. The van der Waals surface area contributed by atoms with Crippen molar-refractivity contribution in [3.05, 3.63) is 53.1 Å². The van der Waals surface area contributed by atoms with Crippen molar-refractivity contribution in [3.8, 4) is 5.75 Å².